The first-order chi connectivity index (χ1) is 7.11. The fourth-order valence-electron chi connectivity index (χ4n) is 1.56. The summed E-state index contributed by atoms with van der Waals surface area (Å²) in [6.07, 6.45) is 0.598. The molecular formula is C9H13N3O3. The van der Waals surface area contributed by atoms with Crippen molar-refractivity contribution in [1.29, 1.82) is 0 Å². The number of hydrogen-bond donors (Lipinski definition) is 0. The molecule has 0 saturated carbocycles. The molecule has 1 aliphatic heterocycles. The van der Waals surface area contributed by atoms with Gasteiger partial charge in [-0.1, -0.05) is 0 Å². The third kappa shape index (κ3) is 2.22. The minimum absolute atomic E-state index is 0.0840. The Labute approximate surface area is 87.4 Å². The van der Waals surface area contributed by atoms with Crippen LogP contribution in [0.2, 0.25) is 0 Å². The van der Waals surface area contributed by atoms with Gasteiger partial charge in [-0.05, 0) is 6.92 Å². The molecule has 6 nitrogen and oxygen atoms in total. The highest BCUT2D eigenvalue weighted by atomic mass is 16.5. The number of nitrogens with zero attached hydrogens (tertiary/aromatic N) is 3. The topological polar surface area (TPSA) is 83.0 Å². The van der Waals surface area contributed by atoms with E-state index in [1.165, 1.54) is 11.9 Å². The van der Waals surface area contributed by atoms with E-state index in [0.29, 0.717) is 13.0 Å². The average molecular weight is 211 g/mol. The van der Waals surface area contributed by atoms with Crippen LogP contribution in [0.3, 0.4) is 0 Å². The Morgan fingerprint density at radius 3 is 2.93 bits per heavy atom. The van der Waals surface area contributed by atoms with Crippen LogP contribution in [0, 0.1) is 0 Å². The molecule has 0 aromatic rings. The number of ether oxygens (including phenoxy) is 1. The Bertz CT molecular complexity index is 333. The number of Topliss-reactive ketones (excluding diaryl/α,β-unsaturated/α-hetero) is 1. The van der Waals surface area contributed by atoms with Crippen LogP contribution in [0.1, 0.15) is 19.8 Å². The molecule has 0 N–H and O–H groups in total. The Kier molecular flexibility index (Phi) is 3.57. The van der Waals surface area contributed by atoms with Gasteiger partial charge in [0.2, 0.25) is 0 Å². The maximum atomic E-state index is 11.5. The van der Waals surface area contributed by atoms with Crippen LogP contribution < -0.4 is 0 Å². The Balaban J connectivity index is 2.82. The normalized spacial score (nSPS) is 21.2. The molecule has 82 valence electrons. The zero-order valence-electron chi connectivity index (χ0n) is 8.77. The van der Waals surface area contributed by atoms with Gasteiger partial charge in [0.05, 0.1) is 13.7 Å². The lowest BCUT2D eigenvalue weighted by molar-refractivity contribution is -0.150. The van der Waals surface area contributed by atoms with Crippen LogP contribution in [0.15, 0.2) is 0 Å². The highest BCUT2D eigenvalue weighted by Crippen LogP contribution is 2.15. The highest BCUT2D eigenvalue weighted by molar-refractivity contribution is 6.37. The summed E-state index contributed by atoms with van der Waals surface area (Å²) in [4.78, 5) is 27.0. The molecule has 1 fully saturated rings. The second-order valence-corrected chi connectivity index (χ2v) is 3.26. The molecule has 15 heavy (non-hydrogen) atoms. The molecule has 0 bridgehead atoms. The zero-order valence-corrected chi connectivity index (χ0v) is 8.77. The fraction of sp³-hybridized carbons (Fsp3) is 0.667. The van der Waals surface area contributed by atoms with Crippen LogP contribution in [0.4, 0.5) is 0 Å². The van der Waals surface area contributed by atoms with Gasteiger partial charge in [-0.2, -0.15) is 0 Å². The number of amidine groups is 1. The van der Waals surface area contributed by atoms with E-state index in [9.17, 15) is 9.59 Å². The summed E-state index contributed by atoms with van der Waals surface area (Å²) in [5.74, 6) is -0.742. The second-order valence-electron chi connectivity index (χ2n) is 3.26. The van der Waals surface area contributed by atoms with Crippen LogP contribution >= 0.6 is 0 Å². The number of esters is 1. The monoisotopic (exact) mass is 211 g/mol. The maximum absolute atomic E-state index is 11.5. The number of ketones is 1. The van der Waals surface area contributed by atoms with Gasteiger partial charge in [-0.3, -0.25) is 4.79 Å². The minimum atomic E-state index is -0.534. The van der Waals surface area contributed by atoms with Crippen LogP contribution in [-0.4, -0.2) is 47.0 Å². The van der Waals surface area contributed by atoms with Gasteiger partial charge in [-0.25, -0.2) is 9.69 Å². The summed E-state index contributed by atoms with van der Waals surface area (Å²) in [6, 6.07) is -0.534. The van der Waals surface area contributed by atoms with Crippen molar-refractivity contribution in [3.63, 3.8) is 0 Å². The molecule has 0 radical (unpaired) electrons. The average Bonchev–Trinajstić information content (AvgIpc) is 2.18. The lowest BCUT2D eigenvalue weighted by atomic mass is 10.0. The third-order valence-corrected chi connectivity index (χ3v) is 2.35. The number of rotatable bonds is 2. The van der Waals surface area contributed by atoms with E-state index in [1.807, 2.05) is 0 Å². The van der Waals surface area contributed by atoms with Gasteiger partial charge in [0.25, 0.3) is 5.78 Å². The van der Waals surface area contributed by atoms with E-state index in [4.69, 9.17) is 10.3 Å². The number of piperidine rings is 1. The largest absolute Gasteiger partial charge is 0.497 e. The summed E-state index contributed by atoms with van der Waals surface area (Å²) in [7, 11) is 1.54. The van der Waals surface area contributed by atoms with E-state index in [0.717, 1.165) is 0 Å². The van der Waals surface area contributed by atoms with Crippen LogP contribution in [0.5, 0.6) is 0 Å². The standard InChI is InChI=1S/C9H13N3O3/c1-3-15-9(14)6-4-5-7(13)8(11-10)12(6)2/h6H,3-5H2,1-2H3. The molecule has 0 aliphatic carbocycles. The molecule has 1 unspecified atom stereocenters. The molecule has 1 heterocycles. The summed E-state index contributed by atoms with van der Waals surface area (Å²) in [6.45, 7) is 2.01. The molecule has 0 amide bonds. The van der Waals surface area contributed by atoms with Crippen molar-refractivity contribution in [3.05, 3.63) is 5.53 Å². The van der Waals surface area contributed by atoms with Crippen molar-refractivity contribution in [2.24, 2.45) is 0 Å². The highest BCUT2D eigenvalue weighted by Gasteiger charge is 2.41. The van der Waals surface area contributed by atoms with Crippen molar-refractivity contribution in [2.75, 3.05) is 13.7 Å². The third-order valence-electron chi connectivity index (χ3n) is 2.35. The van der Waals surface area contributed by atoms with Gasteiger partial charge in [0, 0.05) is 12.8 Å². The molecule has 0 aromatic carbocycles. The van der Waals surface area contributed by atoms with E-state index >= 15 is 0 Å². The zero-order chi connectivity index (χ0) is 11.4. The van der Waals surface area contributed by atoms with E-state index in [1.54, 1.807) is 6.92 Å². The lowest BCUT2D eigenvalue weighted by Gasteiger charge is -2.24. The number of carbonyl (C=O) groups is 2. The van der Waals surface area contributed by atoms with Crippen molar-refractivity contribution >= 4 is 17.6 Å². The molecular weight excluding hydrogens is 198 g/mol. The summed E-state index contributed by atoms with van der Waals surface area (Å²) in [5, 5.41) is 0. The smallest absolute Gasteiger partial charge is 0.399 e. The van der Waals surface area contributed by atoms with Crippen LogP contribution in [-0.2, 0) is 14.3 Å². The summed E-state index contributed by atoms with van der Waals surface area (Å²) >= 11 is 0. The van der Waals surface area contributed by atoms with Crippen LogP contribution in [0.25, 0.3) is 5.53 Å². The number of hydrogen-bond acceptors (Lipinski definition) is 3. The van der Waals surface area contributed by atoms with Gasteiger partial charge < -0.3 is 15.1 Å². The Morgan fingerprint density at radius 1 is 1.73 bits per heavy atom. The first-order valence-electron chi connectivity index (χ1n) is 4.76. The molecule has 1 aliphatic rings. The summed E-state index contributed by atoms with van der Waals surface area (Å²) in [5.41, 5.74) is 8.63. The predicted molar refractivity (Wildman–Crippen MR) is 51.1 cm³/mol. The van der Waals surface area contributed by atoms with Crippen molar-refractivity contribution < 1.29 is 19.1 Å². The van der Waals surface area contributed by atoms with Gasteiger partial charge >= 0.3 is 11.8 Å². The van der Waals surface area contributed by atoms with Gasteiger partial charge in [0.15, 0.2) is 6.04 Å². The van der Waals surface area contributed by atoms with Gasteiger partial charge in [-0.15, -0.1) is 0 Å². The number of carbonyl (C=O) groups excluding carboxylic acids is 2. The SMILES string of the molecule is CCOC(=O)C1CCC(=O)C(=[N+]=[N-])N1C. The fourth-order valence-corrected chi connectivity index (χ4v) is 1.56. The Hall–Kier alpha value is -1.68. The predicted octanol–water partition coefficient (Wildman–Crippen LogP) is -0.159. The van der Waals surface area contributed by atoms with E-state index < -0.39 is 12.0 Å². The first-order valence-corrected chi connectivity index (χ1v) is 4.76. The number of likely N-dealkylation sites (tertiary alicyclic amines) is 1. The lowest BCUT2D eigenvalue weighted by Crippen LogP contribution is -2.50. The second kappa shape index (κ2) is 4.70. The van der Waals surface area contributed by atoms with Crippen molar-refractivity contribution in [2.45, 2.75) is 25.8 Å². The van der Waals surface area contributed by atoms with E-state index in [2.05, 4.69) is 4.79 Å². The molecule has 0 aromatic heterocycles. The van der Waals surface area contributed by atoms with Crippen molar-refractivity contribution in [3.8, 4) is 0 Å². The molecule has 1 saturated heterocycles. The maximum Gasteiger partial charge on any atom is 0.399 e. The minimum Gasteiger partial charge on any atom is -0.497 e. The summed E-state index contributed by atoms with van der Waals surface area (Å²) < 4.78 is 4.85. The van der Waals surface area contributed by atoms with Gasteiger partial charge in [0.1, 0.15) is 0 Å². The number of likely N-dealkylation sites (N-methyl/N-ethyl adjacent to an activating group) is 1. The van der Waals surface area contributed by atoms with E-state index in [-0.39, 0.29) is 18.0 Å². The molecule has 0 spiro atoms. The molecule has 1 atom stereocenters. The molecule has 6 heteroatoms. The quantitative estimate of drug-likeness (QED) is 0.361. The van der Waals surface area contributed by atoms with Crippen molar-refractivity contribution in [1.82, 2.24) is 4.90 Å². The first kappa shape index (κ1) is 11.4. The molecule has 1 rings (SSSR count). The Morgan fingerprint density at radius 2 is 2.40 bits per heavy atom.